The van der Waals surface area contributed by atoms with Crippen LogP contribution >= 0.6 is 0 Å². The van der Waals surface area contributed by atoms with Gasteiger partial charge in [-0.05, 0) is 37.9 Å². The highest BCUT2D eigenvalue weighted by molar-refractivity contribution is 5.32. The summed E-state index contributed by atoms with van der Waals surface area (Å²) in [6.07, 6.45) is 3.65. The fraction of sp³-hybridized carbons (Fsp3) is 0.538. The van der Waals surface area contributed by atoms with Gasteiger partial charge in [-0.2, -0.15) is 0 Å². The molecule has 1 unspecified atom stereocenters. The summed E-state index contributed by atoms with van der Waals surface area (Å²) in [6.45, 7) is 3.63. The number of ether oxygens (including phenoxy) is 1. The lowest BCUT2D eigenvalue weighted by molar-refractivity contribution is 0.237. The molecule has 1 heterocycles. The third kappa shape index (κ3) is 2.95. The van der Waals surface area contributed by atoms with Crippen molar-refractivity contribution in [3.05, 3.63) is 29.6 Å². The van der Waals surface area contributed by atoms with Crippen LogP contribution in [0.25, 0.3) is 0 Å². The van der Waals surface area contributed by atoms with E-state index in [1.807, 2.05) is 6.92 Å². The van der Waals surface area contributed by atoms with Gasteiger partial charge in [-0.15, -0.1) is 0 Å². The number of hydrogen-bond donors (Lipinski definition) is 1. The molecule has 16 heavy (non-hydrogen) atoms. The van der Waals surface area contributed by atoms with Crippen molar-refractivity contribution in [1.29, 1.82) is 0 Å². The zero-order valence-corrected chi connectivity index (χ0v) is 9.63. The maximum atomic E-state index is 13.0. The first-order valence-corrected chi connectivity index (χ1v) is 5.88. The summed E-state index contributed by atoms with van der Waals surface area (Å²) in [7, 11) is 0. The van der Waals surface area contributed by atoms with Gasteiger partial charge < -0.3 is 10.1 Å². The fourth-order valence-corrected chi connectivity index (χ4v) is 1.99. The summed E-state index contributed by atoms with van der Waals surface area (Å²) in [5, 5.41) is 3.40. The maximum Gasteiger partial charge on any atom is 0.126 e. The van der Waals surface area contributed by atoms with Crippen LogP contribution < -0.4 is 10.1 Å². The standard InChI is InChI=1S/C13H18FNO/c1-10-5-6-11(14)8-13(10)16-9-12-4-2-3-7-15-12/h5-6,8,12,15H,2-4,7,9H2,1H3. The van der Waals surface area contributed by atoms with Gasteiger partial charge in [0.2, 0.25) is 0 Å². The molecule has 0 aliphatic carbocycles. The number of nitrogens with one attached hydrogen (secondary N) is 1. The van der Waals surface area contributed by atoms with Gasteiger partial charge in [0.05, 0.1) is 0 Å². The molecule has 0 amide bonds. The minimum absolute atomic E-state index is 0.239. The van der Waals surface area contributed by atoms with E-state index in [-0.39, 0.29) is 5.82 Å². The van der Waals surface area contributed by atoms with E-state index >= 15 is 0 Å². The molecular weight excluding hydrogens is 205 g/mol. The molecule has 1 aromatic carbocycles. The SMILES string of the molecule is Cc1ccc(F)cc1OCC1CCCCN1. The van der Waals surface area contributed by atoms with Crippen molar-refractivity contribution in [2.75, 3.05) is 13.2 Å². The van der Waals surface area contributed by atoms with Crippen molar-refractivity contribution in [2.45, 2.75) is 32.2 Å². The average molecular weight is 223 g/mol. The molecule has 0 spiro atoms. The monoisotopic (exact) mass is 223 g/mol. The Morgan fingerprint density at radius 3 is 3.06 bits per heavy atom. The van der Waals surface area contributed by atoms with Crippen LogP contribution in [0.3, 0.4) is 0 Å². The Morgan fingerprint density at radius 2 is 2.31 bits per heavy atom. The lowest BCUT2D eigenvalue weighted by Crippen LogP contribution is -2.38. The summed E-state index contributed by atoms with van der Waals surface area (Å²) >= 11 is 0. The fourth-order valence-electron chi connectivity index (χ4n) is 1.99. The van der Waals surface area contributed by atoms with Gasteiger partial charge in [0, 0.05) is 12.1 Å². The van der Waals surface area contributed by atoms with E-state index in [0.29, 0.717) is 18.4 Å². The van der Waals surface area contributed by atoms with Crippen molar-refractivity contribution >= 4 is 0 Å². The van der Waals surface area contributed by atoms with Gasteiger partial charge >= 0.3 is 0 Å². The molecule has 1 N–H and O–H groups in total. The molecule has 1 fully saturated rings. The van der Waals surface area contributed by atoms with Crippen LogP contribution in [0.5, 0.6) is 5.75 Å². The second kappa shape index (κ2) is 5.30. The number of halogens is 1. The highest BCUT2D eigenvalue weighted by Gasteiger charge is 2.13. The number of piperidine rings is 1. The normalized spacial score (nSPS) is 20.8. The quantitative estimate of drug-likeness (QED) is 0.850. The Labute approximate surface area is 95.8 Å². The summed E-state index contributed by atoms with van der Waals surface area (Å²) in [6, 6.07) is 5.08. The first kappa shape index (κ1) is 11.4. The van der Waals surface area contributed by atoms with Gasteiger partial charge in [0.15, 0.2) is 0 Å². The molecule has 0 bridgehead atoms. The molecule has 1 aliphatic rings. The van der Waals surface area contributed by atoms with Crippen molar-refractivity contribution < 1.29 is 9.13 Å². The van der Waals surface area contributed by atoms with E-state index in [9.17, 15) is 4.39 Å². The highest BCUT2D eigenvalue weighted by atomic mass is 19.1. The first-order valence-electron chi connectivity index (χ1n) is 5.88. The van der Waals surface area contributed by atoms with Crippen molar-refractivity contribution in [1.82, 2.24) is 5.32 Å². The highest BCUT2D eigenvalue weighted by Crippen LogP contribution is 2.19. The Morgan fingerprint density at radius 1 is 1.44 bits per heavy atom. The number of hydrogen-bond acceptors (Lipinski definition) is 2. The van der Waals surface area contributed by atoms with Crippen molar-refractivity contribution in [3.8, 4) is 5.75 Å². The molecule has 0 aromatic heterocycles. The molecule has 2 rings (SSSR count). The van der Waals surface area contributed by atoms with Gasteiger partial charge in [-0.1, -0.05) is 12.5 Å². The average Bonchev–Trinajstić information content (AvgIpc) is 2.32. The Balaban J connectivity index is 1.90. The summed E-state index contributed by atoms with van der Waals surface area (Å²) in [4.78, 5) is 0. The summed E-state index contributed by atoms with van der Waals surface area (Å²) in [5.41, 5.74) is 0.984. The lowest BCUT2D eigenvalue weighted by atomic mass is 10.1. The van der Waals surface area contributed by atoms with E-state index in [2.05, 4.69) is 5.32 Å². The predicted molar refractivity (Wildman–Crippen MR) is 62.3 cm³/mol. The number of rotatable bonds is 3. The summed E-state index contributed by atoms with van der Waals surface area (Å²) < 4.78 is 18.7. The topological polar surface area (TPSA) is 21.3 Å². The largest absolute Gasteiger partial charge is 0.492 e. The lowest BCUT2D eigenvalue weighted by Gasteiger charge is -2.23. The Kier molecular flexibility index (Phi) is 3.78. The van der Waals surface area contributed by atoms with Crippen LogP contribution in [0.1, 0.15) is 24.8 Å². The number of aryl methyl sites for hydroxylation is 1. The van der Waals surface area contributed by atoms with Crippen LogP contribution in [0.4, 0.5) is 4.39 Å². The van der Waals surface area contributed by atoms with E-state index in [1.165, 1.54) is 25.0 Å². The maximum absolute atomic E-state index is 13.0. The van der Waals surface area contributed by atoms with Crippen molar-refractivity contribution in [3.63, 3.8) is 0 Å². The van der Waals surface area contributed by atoms with Gasteiger partial charge in [-0.25, -0.2) is 4.39 Å². The summed E-state index contributed by atoms with van der Waals surface area (Å²) in [5.74, 6) is 0.421. The molecular formula is C13H18FNO. The van der Waals surface area contributed by atoms with E-state index in [0.717, 1.165) is 18.5 Å². The minimum atomic E-state index is -0.239. The molecule has 1 aromatic rings. The van der Waals surface area contributed by atoms with Gasteiger partial charge in [0.1, 0.15) is 18.2 Å². The number of benzene rings is 1. The van der Waals surface area contributed by atoms with E-state index in [1.54, 1.807) is 6.07 Å². The molecule has 1 atom stereocenters. The molecule has 0 saturated carbocycles. The van der Waals surface area contributed by atoms with Crippen LogP contribution in [-0.4, -0.2) is 19.2 Å². The second-order valence-corrected chi connectivity index (χ2v) is 4.37. The minimum Gasteiger partial charge on any atom is -0.492 e. The second-order valence-electron chi connectivity index (χ2n) is 4.37. The van der Waals surface area contributed by atoms with E-state index in [4.69, 9.17) is 4.74 Å². The molecule has 1 aliphatic heterocycles. The van der Waals surface area contributed by atoms with Gasteiger partial charge in [-0.3, -0.25) is 0 Å². The molecule has 2 nitrogen and oxygen atoms in total. The van der Waals surface area contributed by atoms with Crippen LogP contribution in [0, 0.1) is 12.7 Å². The van der Waals surface area contributed by atoms with Crippen LogP contribution in [0.2, 0.25) is 0 Å². The third-order valence-electron chi connectivity index (χ3n) is 3.00. The predicted octanol–water partition coefficient (Wildman–Crippen LogP) is 2.66. The van der Waals surface area contributed by atoms with Crippen LogP contribution in [0.15, 0.2) is 18.2 Å². The van der Waals surface area contributed by atoms with Crippen LogP contribution in [-0.2, 0) is 0 Å². The smallest absolute Gasteiger partial charge is 0.126 e. The van der Waals surface area contributed by atoms with Gasteiger partial charge in [0.25, 0.3) is 0 Å². The zero-order chi connectivity index (χ0) is 11.4. The van der Waals surface area contributed by atoms with Crippen molar-refractivity contribution in [2.24, 2.45) is 0 Å². The molecule has 1 saturated heterocycles. The third-order valence-corrected chi connectivity index (χ3v) is 3.00. The molecule has 88 valence electrons. The molecule has 0 radical (unpaired) electrons. The first-order chi connectivity index (χ1) is 7.75. The Hall–Kier alpha value is -1.09. The Bertz CT molecular complexity index is 348. The zero-order valence-electron chi connectivity index (χ0n) is 9.63. The van der Waals surface area contributed by atoms with E-state index < -0.39 is 0 Å². The molecule has 3 heteroatoms.